The summed E-state index contributed by atoms with van der Waals surface area (Å²) in [5, 5.41) is 0. The molecule has 2 nitrogen and oxygen atoms in total. The van der Waals surface area contributed by atoms with Crippen LogP contribution in [-0.4, -0.2) is 13.2 Å². The molecule has 1 aliphatic rings. The Hall–Kier alpha value is -1.02. The van der Waals surface area contributed by atoms with Gasteiger partial charge in [0, 0.05) is 6.04 Å². The van der Waals surface area contributed by atoms with Crippen molar-refractivity contribution in [3.05, 3.63) is 29.3 Å². The Morgan fingerprint density at radius 3 is 2.81 bits per heavy atom. The Morgan fingerprint density at radius 1 is 1.38 bits per heavy atom. The molecular weight excluding hydrogens is 198 g/mol. The number of rotatable bonds is 3. The lowest BCUT2D eigenvalue weighted by Gasteiger charge is -2.13. The van der Waals surface area contributed by atoms with Crippen LogP contribution in [0.1, 0.15) is 30.4 Å². The van der Waals surface area contributed by atoms with Crippen molar-refractivity contribution in [3.8, 4) is 5.75 Å². The van der Waals surface area contributed by atoms with Crippen molar-refractivity contribution in [1.29, 1.82) is 0 Å². The van der Waals surface area contributed by atoms with E-state index in [4.69, 9.17) is 10.5 Å². The normalized spacial score (nSPS) is 24.7. The molecule has 88 valence electrons. The van der Waals surface area contributed by atoms with Gasteiger partial charge in [0.05, 0.1) is 7.11 Å². The molecule has 1 aliphatic carbocycles. The van der Waals surface area contributed by atoms with Crippen molar-refractivity contribution in [2.24, 2.45) is 11.7 Å². The predicted molar refractivity (Wildman–Crippen MR) is 66.8 cm³/mol. The third-order valence-corrected chi connectivity index (χ3v) is 3.53. The minimum atomic E-state index is 0.417. The van der Waals surface area contributed by atoms with Gasteiger partial charge in [-0.15, -0.1) is 0 Å². The smallest absolute Gasteiger partial charge is 0.122 e. The van der Waals surface area contributed by atoms with E-state index in [1.54, 1.807) is 7.11 Å². The minimum absolute atomic E-state index is 0.417. The minimum Gasteiger partial charge on any atom is -0.496 e. The van der Waals surface area contributed by atoms with E-state index in [2.05, 4.69) is 25.1 Å². The molecule has 1 fully saturated rings. The van der Waals surface area contributed by atoms with Gasteiger partial charge < -0.3 is 10.5 Å². The van der Waals surface area contributed by atoms with Crippen LogP contribution >= 0.6 is 0 Å². The lowest BCUT2D eigenvalue weighted by atomic mass is 9.96. The maximum absolute atomic E-state index is 5.95. The molecule has 2 rings (SSSR count). The molecule has 16 heavy (non-hydrogen) atoms. The van der Waals surface area contributed by atoms with Gasteiger partial charge in [0.2, 0.25) is 0 Å². The number of methoxy groups -OCH3 is 1. The second-order valence-electron chi connectivity index (χ2n) is 4.96. The van der Waals surface area contributed by atoms with Gasteiger partial charge >= 0.3 is 0 Å². The Labute approximate surface area is 97.8 Å². The molecule has 0 amide bonds. The average Bonchev–Trinajstić information content (AvgIpc) is 2.64. The topological polar surface area (TPSA) is 35.2 Å². The van der Waals surface area contributed by atoms with Gasteiger partial charge in [-0.3, -0.25) is 0 Å². The molecule has 2 atom stereocenters. The van der Waals surface area contributed by atoms with Gasteiger partial charge in [-0.2, -0.15) is 0 Å². The molecular formula is C14H21NO. The number of hydrogen-bond donors (Lipinski definition) is 1. The molecule has 1 saturated carbocycles. The molecule has 2 N–H and O–H groups in total. The average molecular weight is 219 g/mol. The quantitative estimate of drug-likeness (QED) is 0.848. The van der Waals surface area contributed by atoms with Gasteiger partial charge in [0.1, 0.15) is 5.75 Å². The lowest BCUT2D eigenvalue weighted by Crippen LogP contribution is -2.15. The molecule has 2 heteroatoms. The standard InChI is InChI=1S/C14H21NO/c1-10-3-6-14(16-2)12(7-10)8-11-4-5-13(15)9-11/h3,6-7,11,13H,4-5,8-9,15H2,1-2H3. The summed E-state index contributed by atoms with van der Waals surface area (Å²) in [5.41, 5.74) is 8.59. The van der Waals surface area contributed by atoms with Crippen LogP contribution in [0.15, 0.2) is 18.2 Å². The fourth-order valence-electron chi connectivity index (χ4n) is 2.68. The van der Waals surface area contributed by atoms with Crippen molar-refractivity contribution in [3.63, 3.8) is 0 Å². The SMILES string of the molecule is COc1ccc(C)cc1CC1CCC(N)C1. The molecule has 1 aromatic rings. The lowest BCUT2D eigenvalue weighted by molar-refractivity contribution is 0.403. The van der Waals surface area contributed by atoms with Crippen LogP contribution in [0.4, 0.5) is 0 Å². The summed E-state index contributed by atoms with van der Waals surface area (Å²) in [4.78, 5) is 0. The van der Waals surface area contributed by atoms with E-state index in [0.717, 1.165) is 24.5 Å². The fourth-order valence-corrected chi connectivity index (χ4v) is 2.68. The van der Waals surface area contributed by atoms with Crippen LogP contribution in [0.3, 0.4) is 0 Å². The molecule has 0 aliphatic heterocycles. The molecule has 2 unspecified atom stereocenters. The zero-order chi connectivity index (χ0) is 11.5. The van der Waals surface area contributed by atoms with Gasteiger partial charge in [-0.1, -0.05) is 17.7 Å². The first kappa shape index (κ1) is 11.5. The molecule has 0 saturated heterocycles. The molecule has 1 aromatic carbocycles. The zero-order valence-electron chi connectivity index (χ0n) is 10.2. The first-order valence-electron chi connectivity index (χ1n) is 6.08. The highest BCUT2D eigenvalue weighted by atomic mass is 16.5. The third kappa shape index (κ3) is 2.56. The summed E-state index contributed by atoms with van der Waals surface area (Å²) >= 11 is 0. The highest BCUT2D eigenvalue weighted by Gasteiger charge is 2.22. The van der Waals surface area contributed by atoms with Crippen molar-refractivity contribution < 1.29 is 4.74 Å². The Kier molecular flexibility index (Phi) is 3.49. The van der Waals surface area contributed by atoms with Crippen LogP contribution in [-0.2, 0) is 6.42 Å². The molecule has 0 heterocycles. The monoisotopic (exact) mass is 219 g/mol. The van der Waals surface area contributed by atoms with Crippen LogP contribution in [0, 0.1) is 12.8 Å². The first-order chi connectivity index (χ1) is 7.69. The number of ether oxygens (including phenoxy) is 1. The summed E-state index contributed by atoms with van der Waals surface area (Å²) in [5.74, 6) is 1.76. The largest absolute Gasteiger partial charge is 0.496 e. The highest BCUT2D eigenvalue weighted by Crippen LogP contribution is 2.31. The summed E-state index contributed by atoms with van der Waals surface area (Å²) < 4.78 is 5.41. The summed E-state index contributed by atoms with van der Waals surface area (Å²) in [6.45, 7) is 2.13. The van der Waals surface area contributed by atoms with E-state index >= 15 is 0 Å². The summed E-state index contributed by atoms with van der Waals surface area (Å²) in [6, 6.07) is 6.83. The van der Waals surface area contributed by atoms with Gasteiger partial charge in [-0.05, 0) is 50.2 Å². The van der Waals surface area contributed by atoms with E-state index < -0.39 is 0 Å². The van der Waals surface area contributed by atoms with Crippen LogP contribution in [0.2, 0.25) is 0 Å². The van der Waals surface area contributed by atoms with Crippen molar-refractivity contribution in [2.75, 3.05) is 7.11 Å². The fraction of sp³-hybridized carbons (Fsp3) is 0.571. The maximum atomic E-state index is 5.95. The van der Waals surface area contributed by atoms with Gasteiger partial charge in [-0.25, -0.2) is 0 Å². The number of nitrogens with two attached hydrogens (primary N) is 1. The molecule has 0 aromatic heterocycles. The molecule has 0 radical (unpaired) electrons. The molecule has 0 bridgehead atoms. The Bertz CT molecular complexity index is 362. The molecule has 0 spiro atoms. The highest BCUT2D eigenvalue weighted by molar-refractivity contribution is 5.37. The number of benzene rings is 1. The summed E-state index contributed by atoms with van der Waals surface area (Å²) in [6.07, 6.45) is 4.71. The van der Waals surface area contributed by atoms with Crippen molar-refractivity contribution >= 4 is 0 Å². The number of aryl methyl sites for hydroxylation is 1. The third-order valence-electron chi connectivity index (χ3n) is 3.53. The zero-order valence-corrected chi connectivity index (χ0v) is 10.2. The van der Waals surface area contributed by atoms with Gasteiger partial charge in [0.25, 0.3) is 0 Å². The van der Waals surface area contributed by atoms with E-state index in [0.29, 0.717) is 6.04 Å². The van der Waals surface area contributed by atoms with E-state index in [1.807, 2.05) is 0 Å². The Morgan fingerprint density at radius 2 is 2.19 bits per heavy atom. The predicted octanol–water partition coefficient (Wildman–Crippen LogP) is 2.67. The Balaban J connectivity index is 2.10. The van der Waals surface area contributed by atoms with Crippen molar-refractivity contribution in [1.82, 2.24) is 0 Å². The van der Waals surface area contributed by atoms with Crippen LogP contribution in [0.25, 0.3) is 0 Å². The second kappa shape index (κ2) is 4.88. The van der Waals surface area contributed by atoms with Crippen LogP contribution in [0.5, 0.6) is 5.75 Å². The first-order valence-corrected chi connectivity index (χ1v) is 6.08. The van der Waals surface area contributed by atoms with Crippen LogP contribution < -0.4 is 10.5 Å². The van der Waals surface area contributed by atoms with E-state index in [9.17, 15) is 0 Å². The van der Waals surface area contributed by atoms with Gasteiger partial charge in [0.15, 0.2) is 0 Å². The van der Waals surface area contributed by atoms with Crippen molar-refractivity contribution in [2.45, 2.75) is 38.6 Å². The second-order valence-corrected chi connectivity index (χ2v) is 4.96. The maximum Gasteiger partial charge on any atom is 0.122 e. The van der Waals surface area contributed by atoms with E-state index in [-0.39, 0.29) is 0 Å². The van der Waals surface area contributed by atoms with E-state index in [1.165, 1.54) is 24.0 Å². The summed E-state index contributed by atoms with van der Waals surface area (Å²) in [7, 11) is 1.74. The number of hydrogen-bond acceptors (Lipinski definition) is 2.